The first-order valence-corrected chi connectivity index (χ1v) is 8.75. The summed E-state index contributed by atoms with van der Waals surface area (Å²) < 4.78 is 0. The van der Waals surface area contributed by atoms with Gasteiger partial charge in [-0.05, 0) is 30.9 Å². The van der Waals surface area contributed by atoms with Crippen LogP contribution in [-0.2, 0) is 16.8 Å². The van der Waals surface area contributed by atoms with Crippen molar-refractivity contribution in [3.05, 3.63) is 35.5 Å². The van der Waals surface area contributed by atoms with E-state index in [-0.39, 0.29) is 17.4 Å². The summed E-state index contributed by atoms with van der Waals surface area (Å²) in [6.07, 6.45) is 3.06. The average Bonchev–Trinajstić information content (AvgIpc) is 2.96. The molecule has 1 fully saturated rings. The van der Waals surface area contributed by atoms with Crippen molar-refractivity contribution in [3.63, 3.8) is 0 Å². The molecule has 0 radical (unpaired) electrons. The Morgan fingerprint density at radius 1 is 1.22 bits per heavy atom. The van der Waals surface area contributed by atoms with Gasteiger partial charge >= 0.3 is 0 Å². The number of piperidine rings is 1. The fraction of sp³-hybridized carbons (Fsp3) is 0.526. The molecule has 1 spiro atoms. The number of likely N-dealkylation sites (tertiary alicyclic amines) is 1. The van der Waals surface area contributed by atoms with Crippen LogP contribution in [0.1, 0.15) is 37.9 Å². The van der Waals surface area contributed by atoms with E-state index in [4.69, 9.17) is 0 Å². The van der Waals surface area contributed by atoms with Crippen molar-refractivity contribution in [3.8, 4) is 0 Å². The molecule has 0 bridgehead atoms. The lowest BCUT2D eigenvalue weighted by Crippen LogP contribution is -2.55. The van der Waals surface area contributed by atoms with Crippen LogP contribution in [0.25, 0.3) is 10.9 Å². The van der Waals surface area contributed by atoms with E-state index in [0.717, 1.165) is 38.9 Å². The Morgan fingerprint density at radius 2 is 1.96 bits per heavy atom. The maximum Gasteiger partial charge on any atom is 0.225 e. The third-order valence-corrected chi connectivity index (χ3v) is 5.55. The van der Waals surface area contributed by atoms with Crippen LogP contribution in [-0.4, -0.2) is 35.4 Å². The predicted octanol–water partition coefficient (Wildman–Crippen LogP) is 2.79. The molecule has 4 nitrogen and oxygen atoms in total. The quantitative estimate of drug-likeness (QED) is 0.851. The Bertz CT molecular complexity index is 738. The van der Waals surface area contributed by atoms with Crippen LogP contribution in [0, 0.1) is 5.92 Å². The van der Waals surface area contributed by atoms with Crippen LogP contribution in [0.3, 0.4) is 0 Å². The molecule has 0 saturated carbocycles. The van der Waals surface area contributed by atoms with Crippen LogP contribution in [0.4, 0.5) is 0 Å². The molecular formula is C19H25N3O. The molecule has 0 unspecified atom stereocenters. The molecular weight excluding hydrogens is 286 g/mol. The second-order valence-electron chi connectivity index (χ2n) is 7.26. The first-order valence-electron chi connectivity index (χ1n) is 8.75. The van der Waals surface area contributed by atoms with Crippen molar-refractivity contribution < 1.29 is 4.79 Å². The molecule has 23 heavy (non-hydrogen) atoms. The normalized spacial score (nSPS) is 20.2. The summed E-state index contributed by atoms with van der Waals surface area (Å²) in [5.41, 5.74) is 4.09. The summed E-state index contributed by atoms with van der Waals surface area (Å²) in [6.45, 7) is 6.69. The number of hydrogen-bond donors (Lipinski definition) is 2. The number of aromatic amines is 1. The van der Waals surface area contributed by atoms with Gasteiger partial charge in [-0.3, -0.25) is 4.79 Å². The number of para-hydroxylation sites is 1. The van der Waals surface area contributed by atoms with Gasteiger partial charge in [0.2, 0.25) is 5.91 Å². The zero-order chi connectivity index (χ0) is 16.0. The molecule has 0 aliphatic carbocycles. The molecule has 1 amide bonds. The van der Waals surface area contributed by atoms with Gasteiger partial charge in [-0.2, -0.15) is 0 Å². The number of nitrogens with one attached hydrogen (secondary N) is 2. The molecule has 2 aromatic rings. The molecule has 2 aliphatic rings. The zero-order valence-electron chi connectivity index (χ0n) is 14.0. The minimum atomic E-state index is 0.0142. The number of carbonyl (C=O) groups excluding carboxylic acids is 1. The van der Waals surface area contributed by atoms with Gasteiger partial charge in [0.05, 0.1) is 5.54 Å². The van der Waals surface area contributed by atoms with E-state index in [2.05, 4.69) is 34.6 Å². The average molecular weight is 311 g/mol. The molecule has 2 N–H and O–H groups in total. The van der Waals surface area contributed by atoms with Gasteiger partial charge in [0.25, 0.3) is 0 Å². The van der Waals surface area contributed by atoms with E-state index in [9.17, 15) is 4.79 Å². The van der Waals surface area contributed by atoms with E-state index < -0.39 is 0 Å². The van der Waals surface area contributed by atoms with Crippen LogP contribution < -0.4 is 5.32 Å². The highest BCUT2D eigenvalue weighted by Gasteiger charge is 2.42. The molecule has 4 rings (SSSR count). The maximum absolute atomic E-state index is 12.3. The Morgan fingerprint density at radius 3 is 2.70 bits per heavy atom. The van der Waals surface area contributed by atoms with Crippen LogP contribution in [0.5, 0.6) is 0 Å². The Hall–Kier alpha value is -1.81. The molecule has 0 atom stereocenters. The number of nitrogens with zero attached hydrogens (tertiary/aromatic N) is 1. The first kappa shape index (κ1) is 14.8. The lowest BCUT2D eigenvalue weighted by Gasteiger charge is -2.45. The lowest BCUT2D eigenvalue weighted by molar-refractivity contribution is -0.136. The molecule has 1 aromatic carbocycles. The van der Waals surface area contributed by atoms with E-state index in [1.807, 2.05) is 18.7 Å². The summed E-state index contributed by atoms with van der Waals surface area (Å²) in [5, 5.41) is 5.14. The first-order chi connectivity index (χ1) is 11.1. The van der Waals surface area contributed by atoms with E-state index in [1.54, 1.807) is 0 Å². The van der Waals surface area contributed by atoms with Crippen LogP contribution >= 0.6 is 0 Å². The second-order valence-corrected chi connectivity index (χ2v) is 7.26. The number of aromatic nitrogens is 1. The molecule has 122 valence electrons. The maximum atomic E-state index is 12.3. The number of carbonyl (C=O) groups is 1. The van der Waals surface area contributed by atoms with Gasteiger partial charge in [-0.15, -0.1) is 0 Å². The number of fused-ring (bicyclic) bond motifs is 4. The topological polar surface area (TPSA) is 48.1 Å². The summed E-state index contributed by atoms with van der Waals surface area (Å²) in [5.74, 6) is 0.375. The van der Waals surface area contributed by atoms with Gasteiger partial charge in [0.15, 0.2) is 0 Å². The number of amides is 1. The van der Waals surface area contributed by atoms with Gasteiger partial charge in [-0.25, -0.2) is 0 Å². The van der Waals surface area contributed by atoms with Crippen molar-refractivity contribution in [1.29, 1.82) is 0 Å². The molecule has 2 aliphatic heterocycles. The highest BCUT2D eigenvalue weighted by atomic mass is 16.2. The van der Waals surface area contributed by atoms with E-state index >= 15 is 0 Å². The summed E-state index contributed by atoms with van der Waals surface area (Å²) in [7, 11) is 0. The van der Waals surface area contributed by atoms with Crippen LogP contribution in [0.15, 0.2) is 24.3 Å². The van der Waals surface area contributed by atoms with Gasteiger partial charge in [0, 0.05) is 42.1 Å². The molecule has 3 heterocycles. The number of benzene rings is 1. The Kier molecular flexibility index (Phi) is 3.45. The molecule has 4 heteroatoms. The van der Waals surface area contributed by atoms with E-state index in [1.165, 1.54) is 22.2 Å². The third kappa shape index (κ3) is 2.27. The second kappa shape index (κ2) is 5.38. The predicted molar refractivity (Wildman–Crippen MR) is 92.3 cm³/mol. The summed E-state index contributed by atoms with van der Waals surface area (Å²) in [6, 6.07) is 8.60. The van der Waals surface area contributed by atoms with Crippen LogP contribution in [0.2, 0.25) is 0 Å². The van der Waals surface area contributed by atoms with Crippen molar-refractivity contribution in [1.82, 2.24) is 15.2 Å². The monoisotopic (exact) mass is 311 g/mol. The third-order valence-electron chi connectivity index (χ3n) is 5.55. The van der Waals surface area contributed by atoms with E-state index in [0.29, 0.717) is 0 Å². The van der Waals surface area contributed by atoms with Gasteiger partial charge in [0.1, 0.15) is 0 Å². The van der Waals surface area contributed by atoms with Gasteiger partial charge in [-0.1, -0.05) is 32.0 Å². The summed E-state index contributed by atoms with van der Waals surface area (Å²) in [4.78, 5) is 18.0. The number of rotatable bonds is 1. The molecule has 1 aromatic heterocycles. The molecule has 1 saturated heterocycles. The number of hydrogen-bond acceptors (Lipinski definition) is 2. The highest BCUT2D eigenvalue weighted by Crippen LogP contribution is 2.40. The van der Waals surface area contributed by atoms with Crippen molar-refractivity contribution in [2.75, 3.05) is 19.6 Å². The van der Waals surface area contributed by atoms with Crippen molar-refractivity contribution in [2.45, 2.75) is 38.6 Å². The Balaban J connectivity index is 1.66. The fourth-order valence-electron chi connectivity index (χ4n) is 4.28. The SMILES string of the molecule is CC(C)C(=O)N1CCC2(CC1)NCCc1c2[nH]c2ccccc12. The zero-order valence-corrected chi connectivity index (χ0v) is 14.0. The standard InChI is InChI=1S/C19H25N3O/c1-13(2)18(23)22-11-8-19(9-12-22)17-15(7-10-20-19)14-5-3-4-6-16(14)21-17/h3-6,13,20-21H,7-12H2,1-2H3. The Labute approximate surface area is 137 Å². The highest BCUT2D eigenvalue weighted by molar-refractivity contribution is 5.85. The largest absolute Gasteiger partial charge is 0.357 e. The minimum absolute atomic E-state index is 0.0142. The smallest absolute Gasteiger partial charge is 0.225 e. The van der Waals surface area contributed by atoms with Crippen molar-refractivity contribution >= 4 is 16.8 Å². The minimum Gasteiger partial charge on any atom is -0.357 e. The fourth-order valence-corrected chi connectivity index (χ4v) is 4.28. The summed E-state index contributed by atoms with van der Waals surface area (Å²) >= 11 is 0. The number of H-pyrrole nitrogens is 1. The van der Waals surface area contributed by atoms with Crippen molar-refractivity contribution in [2.24, 2.45) is 5.92 Å². The lowest BCUT2D eigenvalue weighted by atomic mass is 9.79. The van der Waals surface area contributed by atoms with Gasteiger partial charge < -0.3 is 15.2 Å².